The highest BCUT2D eigenvalue weighted by atomic mass is 32.1. The number of nitrogens with one attached hydrogen (secondary N) is 1. The van der Waals surface area contributed by atoms with Crippen molar-refractivity contribution in [3.05, 3.63) is 63.5 Å². The molecule has 8 nitrogen and oxygen atoms in total. The number of anilines is 1. The van der Waals surface area contributed by atoms with Crippen molar-refractivity contribution in [1.82, 2.24) is 4.98 Å². The Morgan fingerprint density at radius 1 is 1.19 bits per heavy atom. The predicted molar refractivity (Wildman–Crippen MR) is 105 cm³/mol. The molecular formula is C18H16N4O4S. The fourth-order valence-corrected chi connectivity index (χ4v) is 3.04. The highest BCUT2D eigenvalue weighted by molar-refractivity contribution is 7.14. The fourth-order valence-electron chi connectivity index (χ4n) is 2.37. The molecule has 3 aromatic rings. The van der Waals surface area contributed by atoms with Gasteiger partial charge in [-0.05, 0) is 0 Å². The molecule has 1 heterocycles. The lowest BCUT2D eigenvalue weighted by molar-refractivity contribution is -0.385. The largest absolute Gasteiger partial charge is 0.496 e. The Bertz CT molecular complexity index is 973. The molecule has 0 aliphatic carbocycles. The van der Waals surface area contributed by atoms with Crippen molar-refractivity contribution < 1.29 is 14.4 Å². The van der Waals surface area contributed by atoms with Crippen LogP contribution in [0.25, 0.3) is 11.3 Å². The van der Waals surface area contributed by atoms with Gasteiger partial charge in [0.2, 0.25) is 10.9 Å². The molecule has 0 amide bonds. The van der Waals surface area contributed by atoms with Crippen molar-refractivity contribution in [3.63, 3.8) is 0 Å². The molecule has 0 aliphatic rings. The fraction of sp³-hybridized carbons (Fsp3) is 0.111. The van der Waals surface area contributed by atoms with Gasteiger partial charge in [-0.15, -0.1) is 11.3 Å². The first-order chi connectivity index (χ1) is 13.1. The van der Waals surface area contributed by atoms with E-state index >= 15 is 0 Å². The van der Waals surface area contributed by atoms with Crippen molar-refractivity contribution in [1.29, 1.82) is 0 Å². The van der Waals surface area contributed by atoms with Gasteiger partial charge in [-0.25, -0.2) is 4.98 Å². The number of nitro benzene ring substituents is 1. The second-order valence-corrected chi connectivity index (χ2v) is 6.16. The monoisotopic (exact) mass is 384 g/mol. The maximum absolute atomic E-state index is 11.2. The van der Waals surface area contributed by atoms with E-state index < -0.39 is 4.92 Å². The molecule has 0 unspecified atom stereocenters. The minimum atomic E-state index is -0.518. The molecule has 138 valence electrons. The van der Waals surface area contributed by atoms with Gasteiger partial charge < -0.3 is 9.47 Å². The van der Waals surface area contributed by atoms with E-state index in [2.05, 4.69) is 15.5 Å². The first kappa shape index (κ1) is 18.3. The van der Waals surface area contributed by atoms with Crippen LogP contribution in [-0.2, 0) is 0 Å². The first-order valence-electron chi connectivity index (χ1n) is 7.83. The third-order valence-corrected chi connectivity index (χ3v) is 4.41. The highest BCUT2D eigenvalue weighted by Crippen LogP contribution is 2.33. The summed E-state index contributed by atoms with van der Waals surface area (Å²) in [5, 5.41) is 17.8. The zero-order valence-corrected chi connectivity index (χ0v) is 15.4. The Morgan fingerprint density at radius 2 is 1.93 bits per heavy atom. The number of nitrogens with zero attached hydrogens (tertiary/aromatic N) is 3. The number of methoxy groups -OCH3 is 2. The average molecular weight is 384 g/mol. The van der Waals surface area contributed by atoms with Gasteiger partial charge in [-0.3, -0.25) is 15.5 Å². The molecule has 1 aromatic heterocycles. The van der Waals surface area contributed by atoms with Gasteiger partial charge in [0.05, 0.1) is 31.1 Å². The van der Waals surface area contributed by atoms with Gasteiger partial charge in [-0.2, -0.15) is 5.10 Å². The van der Waals surface area contributed by atoms with Crippen molar-refractivity contribution >= 4 is 28.4 Å². The Balaban J connectivity index is 1.79. The van der Waals surface area contributed by atoms with Gasteiger partial charge in [0.15, 0.2) is 0 Å². The minimum Gasteiger partial charge on any atom is -0.496 e. The number of nitro groups is 1. The summed E-state index contributed by atoms with van der Waals surface area (Å²) in [4.78, 5) is 15.1. The van der Waals surface area contributed by atoms with Gasteiger partial charge in [0.25, 0.3) is 0 Å². The quantitative estimate of drug-likeness (QED) is 0.373. The van der Waals surface area contributed by atoms with Gasteiger partial charge in [0, 0.05) is 28.6 Å². The number of aromatic nitrogens is 1. The highest BCUT2D eigenvalue weighted by Gasteiger charge is 2.18. The molecule has 1 N–H and O–H groups in total. The molecule has 9 heteroatoms. The standard InChI is InChI=1S/C18H16N4O4S/c1-25-16-9-17(26-2)15(22(23)24)8-13(16)10-19-21-18-20-14(11-27-18)12-6-4-3-5-7-12/h3-11H,1-2H3,(H,20,21)/b19-10-. The van der Waals surface area contributed by atoms with Crippen LogP contribution in [0.2, 0.25) is 0 Å². The number of rotatable bonds is 7. The molecular weight excluding hydrogens is 368 g/mol. The lowest BCUT2D eigenvalue weighted by atomic mass is 10.1. The third-order valence-electron chi connectivity index (χ3n) is 3.67. The van der Waals surface area contributed by atoms with E-state index in [4.69, 9.17) is 9.47 Å². The summed E-state index contributed by atoms with van der Waals surface area (Å²) in [6.07, 6.45) is 1.44. The molecule has 27 heavy (non-hydrogen) atoms. The molecule has 3 rings (SSSR count). The Kier molecular flexibility index (Phi) is 5.62. The van der Waals surface area contributed by atoms with Crippen LogP contribution < -0.4 is 14.9 Å². The molecule has 0 saturated carbocycles. The van der Waals surface area contributed by atoms with Crippen LogP contribution in [-0.4, -0.2) is 30.3 Å². The zero-order valence-electron chi connectivity index (χ0n) is 14.6. The van der Waals surface area contributed by atoms with Crippen LogP contribution in [0, 0.1) is 10.1 Å². The summed E-state index contributed by atoms with van der Waals surface area (Å²) < 4.78 is 10.3. The summed E-state index contributed by atoms with van der Waals surface area (Å²) in [5.41, 5.74) is 4.96. The van der Waals surface area contributed by atoms with Crippen molar-refractivity contribution in [2.75, 3.05) is 19.6 Å². The van der Waals surface area contributed by atoms with Crippen molar-refractivity contribution in [2.45, 2.75) is 0 Å². The number of hydrogen-bond donors (Lipinski definition) is 1. The Hall–Kier alpha value is -3.46. The van der Waals surface area contributed by atoms with Crippen LogP contribution in [0.1, 0.15) is 5.56 Å². The zero-order chi connectivity index (χ0) is 19.2. The number of benzene rings is 2. The molecule has 0 saturated heterocycles. The molecule has 0 spiro atoms. The smallest absolute Gasteiger partial charge is 0.311 e. The maximum Gasteiger partial charge on any atom is 0.311 e. The number of thiazole rings is 1. The minimum absolute atomic E-state index is 0.120. The normalized spacial score (nSPS) is 10.7. The molecule has 0 fully saturated rings. The molecule has 0 bridgehead atoms. The molecule has 0 atom stereocenters. The van der Waals surface area contributed by atoms with Crippen LogP contribution in [0.3, 0.4) is 0 Å². The SMILES string of the molecule is COc1cc(OC)c([N+](=O)[O-])cc1/C=N\Nc1nc(-c2ccccc2)cs1. The lowest BCUT2D eigenvalue weighted by Crippen LogP contribution is -1.99. The lowest BCUT2D eigenvalue weighted by Gasteiger charge is -2.08. The van der Waals surface area contributed by atoms with Crippen LogP contribution in [0.5, 0.6) is 11.5 Å². The first-order valence-corrected chi connectivity index (χ1v) is 8.70. The molecule has 0 aliphatic heterocycles. The maximum atomic E-state index is 11.2. The van der Waals surface area contributed by atoms with E-state index in [1.54, 1.807) is 0 Å². The van der Waals surface area contributed by atoms with Crippen LogP contribution >= 0.6 is 11.3 Å². The second kappa shape index (κ2) is 8.28. The summed E-state index contributed by atoms with van der Waals surface area (Å²) in [6, 6.07) is 12.6. The molecule has 2 aromatic carbocycles. The summed E-state index contributed by atoms with van der Waals surface area (Å²) in [7, 11) is 2.84. The summed E-state index contributed by atoms with van der Waals surface area (Å²) >= 11 is 1.41. The Labute approximate surface area is 159 Å². The number of ether oxygens (including phenoxy) is 2. The van der Waals surface area contributed by atoms with Crippen molar-refractivity contribution in [3.8, 4) is 22.8 Å². The van der Waals surface area contributed by atoms with E-state index in [0.717, 1.165) is 11.3 Å². The number of hydrazone groups is 1. The number of hydrogen-bond acceptors (Lipinski definition) is 8. The molecule has 0 radical (unpaired) electrons. The van der Waals surface area contributed by atoms with Crippen LogP contribution in [0.15, 0.2) is 52.9 Å². The van der Waals surface area contributed by atoms with E-state index in [1.807, 2.05) is 35.7 Å². The van der Waals surface area contributed by atoms with Gasteiger partial charge >= 0.3 is 5.69 Å². The average Bonchev–Trinajstić information content (AvgIpc) is 3.17. The summed E-state index contributed by atoms with van der Waals surface area (Å²) in [5.74, 6) is 0.529. The van der Waals surface area contributed by atoms with Crippen molar-refractivity contribution in [2.24, 2.45) is 5.10 Å². The summed E-state index contributed by atoms with van der Waals surface area (Å²) in [6.45, 7) is 0. The van der Waals surface area contributed by atoms with E-state index in [1.165, 1.54) is 43.9 Å². The Morgan fingerprint density at radius 3 is 2.59 bits per heavy atom. The van der Waals surface area contributed by atoms with E-state index in [0.29, 0.717) is 16.4 Å². The van der Waals surface area contributed by atoms with E-state index in [-0.39, 0.29) is 11.4 Å². The van der Waals surface area contributed by atoms with Gasteiger partial charge in [0.1, 0.15) is 5.75 Å². The van der Waals surface area contributed by atoms with Gasteiger partial charge in [-0.1, -0.05) is 30.3 Å². The van der Waals surface area contributed by atoms with E-state index in [9.17, 15) is 10.1 Å². The topological polar surface area (TPSA) is 98.9 Å². The second-order valence-electron chi connectivity index (χ2n) is 5.30. The third kappa shape index (κ3) is 4.21. The van der Waals surface area contributed by atoms with Crippen LogP contribution in [0.4, 0.5) is 10.8 Å². The predicted octanol–water partition coefficient (Wildman–Crippen LogP) is 4.18.